The van der Waals surface area contributed by atoms with Gasteiger partial charge in [-0.2, -0.15) is 10.4 Å². The maximum absolute atomic E-state index is 12.6. The summed E-state index contributed by atoms with van der Waals surface area (Å²) >= 11 is 1.39. The summed E-state index contributed by atoms with van der Waals surface area (Å²) in [5.41, 5.74) is 4.15. The van der Waals surface area contributed by atoms with Crippen LogP contribution < -0.4 is 10.1 Å². The molecule has 1 aliphatic heterocycles. The lowest BCUT2D eigenvalue weighted by Crippen LogP contribution is -2.42. The summed E-state index contributed by atoms with van der Waals surface area (Å²) in [5.74, 6) is 0.548. The molecule has 0 saturated heterocycles. The molecule has 0 unspecified atom stereocenters. The van der Waals surface area contributed by atoms with Crippen molar-refractivity contribution in [1.82, 2.24) is 30.2 Å². The van der Waals surface area contributed by atoms with Gasteiger partial charge >= 0.3 is 0 Å². The van der Waals surface area contributed by atoms with Gasteiger partial charge in [-0.25, -0.2) is 4.68 Å². The Hall–Kier alpha value is -3.33. The highest BCUT2D eigenvalue weighted by atomic mass is 32.1. The van der Waals surface area contributed by atoms with Gasteiger partial charge in [-0.1, -0.05) is 11.3 Å². The second-order valence-corrected chi connectivity index (χ2v) is 9.80. The van der Waals surface area contributed by atoms with Crippen LogP contribution in [0.1, 0.15) is 43.3 Å². The van der Waals surface area contributed by atoms with Crippen LogP contribution in [0.2, 0.25) is 0 Å². The summed E-state index contributed by atoms with van der Waals surface area (Å²) in [6.45, 7) is 9.15. The van der Waals surface area contributed by atoms with Crippen LogP contribution in [0, 0.1) is 18.3 Å². The maximum Gasteiger partial charge on any atom is 0.236 e. The Labute approximate surface area is 208 Å². The van der Waals surface area contributed by atoms with Crippen LogP contribution in [-0.2, 0) is 17.8 Å². The number of carbonyl (C=O) groups excluding carboxylic acids is 1. The van der Waals surface area contributed by atoms with E-state index < -0.39 is 6.10 Å². The molecule has 0 saturated carbocycles. The van der Waals surface area contributed by atoms with Crippen molar-refractivity contribution in [2.24, 2.45) is 0 Å². The lowest BCUT2D eigenvalue weighted by atomic mass is 10.1. The van der Waals surface area contributed by atoms with E-state index >= 15 is 0 Å². The van der Waals surface area contributed by atoms with Gasteiger partial charge in [0.25, 0.3) is 0 Å². The molecule has 10 nitrogen and oxygen atoms in total. The van der Waals surface area contributed by atoms with E-state index in [2.05, 4.69) is 21.6 Å². The zero-order valence-electron chi connectivity index (χ0n) is 20.3. The first kappa shape index (κ1) is 24.8. The maximum atomic E-state index is 12.6. The van der Waals surface area contributed by atoms with Crippen LogP contribution in [0.25, 0.3) is 15.7 Å². The third-order valence-corrected chi connectivity index (χ3v) is 6.61. The summed E-state index contributed by atoms with van der Waals surface area (Å²) < 4.78 is 7.49. The van der Waals surface area contributed by atoms with Gasteiger partial charge in [-0.05, 0) is 45.9 Å². The molecule has 35 heavy (non-hydrogen) atoms. The molecule has 3 heterocycles. The summed E-state index contributed by atoms with van der Waals surface area (Å²) in [5, 5.41) is 36.6. The van der Waals surface area contributed by atoms with E-state index in [0.717, 1.165) is 22.5 Å². The number of ether oxygens (including phenoxy) is 1. The highest BCUT2D eigenvalue weighted by Gasteiger charge is 2.27. The Morgan fingerprint density at radius 1 is 1.34 bits per heavy atom. The van der Waals surface area contributed by atoms with Gasteiger partial charge in [0.1, 0.15) is 16.8 Å². The fraction of sp³-hybridized carbons (Fsp3) is 0.458. The predicted molar refractivity (Wildman–Crippen MR) is 131 cm³/mol. The first-order valence-corrected chi connectivity index (χ1v) is 12.4. The summed E-state index contributed by atoms with van der Waals surface area (Å²) in [6.07, 6.45) is 0.146. The smallest absolute Gasteiger partial charge is 0.236 e. The summed E-state index contributed by atoms with van der Waals surface area (Å²) in [6, 6.07) is 7.61. The average Bonchev–Trinajstić information content (AvgIpc) is 3.43. The number of fused-ring (bicyclic) bond motifs is 1. The van der Waals surface area contributed by atoms with E-state index in [9.17, 15) is 15.2 Å². The molecular formula is C24H29N7O3S. The van der Waals surface area contributed by atoms with Gasteiger partial charge in [-0.3, -0.25) is 4.79 Å². The molecule has 0 spiro atoms. The Morgan fingerprint density at radius 3 is 2.86 bits per heavy atom. The Balaban J connectivity index is 1.52. The number of hydrogen-bond donors (Lipinski definition) is 2. The fourth-order valence-electron chi connectivity index (χ4n) is 3.93. The molecule has 4 rings (SSSR count). The number of aliphatic hydroxyl groups is 1. The lowest BCUT2D eigenvalue weighted by Gasteiger charge is -2.27. The van der Waals surface area contributed by atoms with Crippen LogP contribution in [0.3, 0.4) is 0 Å². The largest absolute Gasteiger partial charge is 0.490 e. The third kappa shape index (κ3) is 5.51. The van der Waals surface area contributed by atoms with Gasteiger partial charge < -0.3 is 20.1 Å². The van der Waals surface area contributed by atoms with Crippen molar-refractivity contribution in [2.45, 2.75) is 52.9 Å². The lowest BCUT2D eigenvalue weighted by molar-refractivity contribution is -0.131. The Morgan fingerprint density at radius 2 is 2.14 bits per heavy atom. The Bertz CT molecular complexity index is 1260. The van der Waals surface area contributed by atoms with Gasteiger partial charge in [0.2, 0.25) is 11.0 Å². The molecule has 2 N–H and O–H groups in total. The number of rotatable bonds is 8. The molecule has 3 aromatic rings. The van der Waals surface area contributed by atoms with Crippen LogP contribution in [0.5, 0.6) is 5.75 Å². The van der Waals surface area contributed by atoms with Crippen molar-refractivity contribution in [3.63, 3.8) is 0 Å². The van der Waals surface area contributed by atoms with Crippen molar-refractivity contribution < 1.29 is 14.6 Å². The van der Waals surface area contributed by atoms with Crippen LogP contribution in [0.15, 0.2) is 18.2 Å². The standard InChI is InChI=1S/C24H29N7O3S/c1-14(2)34-21-6-5-17(9-18(21)10-25)23-27-28-24(35-23)31-16(4)19-13-30(8-7-20(19)29-31)22(33)12-26-11-15(3)32/h5-6,9,14-15,26,32H,7-8,11-13H2,1-4H3/t15-/m1/s1. The number of amides is 1. The number of aliphatic hydroxyl groups excluding tert-OH is 1. The monoisotopic (exact) mass is 495 g/mol. The second kappa shape index (κ2) is 10.5. The number of aromatic nitrogens is 4. The molecule has 0 radical (unpaired) electrons. The fourth-order valence-corrected chi connectivity index (χ4v) is 4.78. The zero-order chi connectivity index (χ0) is 25.1. The first-order chi connectivity index (χ1) is 16.8. The molecule has 1 aromatic carbocycles. The molecule has 2 aromatic heterocycles. The molecular weight excluding hydrogens is 466 g/mol. The molecule has 1 amide bonds. The van der Waals surface area contributed by atoms with Gasteiger partial charge in [0.05, 0.1) is 30.0 Å². The molecule has 11 heteroatoms. The molecule has 0 fully saturated rings. The first-order valence-electron chi connectivity index (χ1n) is 11.6. The second-order valence-electron chi connectivity index (χ2n) is 8.85. The summed E-state index contributed by atoms with van der Waals surface area (Å²) in [4.78, 5) is 14.4. The number of nitrogens with zero attached hydrogens (tertiary/aromatic N) is 6. The highest BCUT2D eigenvalue weighted by Crippen LogP contribution is 2.31. The Kier molecular flexibility index (Phi) is 7.45. The molecule has 1 aliphatic rings. The minimum Gasteiger partial charge on any atom is -0.490 e. The van der Waals surface area contributed by atoms with Crippen molar-refractivity contribution in [1.29, 1.82) is 5.26 Å². The van der Waals surface area contributed by atoms with Crippen molar-refractivity contribution in [3.8, 4) is 27.5 Å². The zero-order valence-corrected chi connectivity index (χ0v) is 21.1. The normalized spacial score (nSPS) is 14.0. The average molecular weight is 496 g/mol. The van der Waals surface area contributed by atoms with Crippen LogP contribution >= 0.6 is 11.3 Å². The van der Waals surface area contributed by atoms with Crippen molar-refractivity contribution >= 4 is 17.2 Å². The van der Waals surface area contributed by atoms with Crippen LogP contribution in [-0.4, -0.2) is 67.7 Å². The number of nitriles is 1. The number of hydrogen-bond acceptors (Lipinski definition) is 9. The minimum absolute atomic E-state index is 0.000147. The van der Waals surface area contributed by atoms with E-state index in [-0.39, 0.29) is 18.6 Å². The topological polar surface area (TPSA) is 129 Å². The molecule has 184 valence electrons. The predicted octanol–water partition coefficient (Wildman–Crippen LogP) is 2.21. The number of nitrogens with one attached hydrogen (secondary N) is 1. The quantitative estimate of drug-likeness (QED) is 0.487. The molecule has 1 atom stereocenters. The highest BCUT2D eigenvalue weighted by molar-refractivity contribution is 7.17. The number of carbonyl (C=O) groups is 1. The van der Waals surface area contributed by atoms with E-state index in [1.807, 2.05) is 31.7 Å². The van der Waals surface area contributed by atoms with Gasteiger partial charge in [-0.15, -0.1) is 10.2 Å². The van der Waals surface area contributed by atoms with E-state index in [1.54, 1.807) is 23.7 Å². The third-order valence-electron chi connectivity index (χ3n) is 5.66. The van der Waals surface area contributed by atoms with Crippen molar-refractivity contribution in [2.75, 3.05) is 19.6 Å². The minimum atomic E-state index is -0.495. The van der Waals surface area contributed by atoms with Crippen molar-refractivity contribution in [3.05, 3.63) is 40.7 Å². The number of benzene rings is 1. The SMILES string of the molecule is Cc1c2c(nn1-c1nnc(-c3ccc(OC(C)C)c(C#N)c3)s1)CCN(C(=O)CNC[C@@H](C)O)C2. The van der Waals surface area contributed by atoms with Crippen LogP contribution in [0.4, 0.5) is 0 Å². The van der Waals surface area contributed by atoms with Gasteiger partial charge in [0, 0.05) is 42.9 Å². The van der Waals surface area contributed by atoms with E-state index in [0.29, 0.717) is 47.5 Å². The summed E-state index contributed by atoms with van der Waals surface area (Å²) in [7, 11) is 0. The van der Waals surface area contributed by atoms with E-state index in [4.69, 9.17) is 9.84 Å². The van der Waals surface area contributed by atoms with E-state index in [1.165, 1.54) is 11.3 Å². The van der Waals surface area contributed by atoms with Gasteiger partial charge in [0.15, 0.2) is 0 Å². The molecule has 0 aliphatic carbocycles. The molecule has 0 bridgehead atoms.